The molecule has 0 aromatic heterocycles. The lowest BCUT2D eigenvalue weighted by Gasteiger charge is -2.26. The van der Waals surface area contributed by atoms with Gasteiger partial charge in [0.2, 0.25) is 10.0 Å². The summed E-state index contributed by atoms with van der Waals surface area (Å²) in [4.78, 5) is 0. The molecule has 0 spiro atoms. The summed E-state index contributed by atoms with van der Waals surface area (Å²) in [5, 5.41) is 9.82. The maximum absolute atomic E-state index is 11.7. The Kier molecular flexibility index (Phi) is 4.76. The Morgan fingerprint density at radius 2 is 1.67 bits per heavy atom. The predicted molar refractivity (Wildman–Crippen MR) is 62.2 cm³/mol. The van der Waals surface area contributed by atoms with Gasteiger partial charge in [-0.2, -0.15) is 0 Å². The summed E-state index contributed by atoms with van der Waals surface area (Å²) in [6.07, 6.45) is 1.41. The monoisotopic (exact) mass is 237 g/mol. The first kappa shape index (κ1) is 14.9. The van der Waals surface area contributed by atoms with Crippen molar-refractivity contribution < 1.29 is 13.5 Å². The smallest absolute Gasteiger partial charge is 0.216 e. The van der Waals surface area contributed by atoms with Crippen LogP contribution in [-0.2, 0) is 10.0 Å². The summed E-state index contributed by atoms with van der Waals surface area (Å²) in [6, 6.07) is 0. The molecule has 0 aliphatic heterocycles. The van der Waals surface area contributed by atoms with Gasteiger partial charge in [0.15, 0.2) is 0 Å². The SMILES string of the molecule is CCCC(C)(O)CNS(=O)(=O)C(C)(C)C. The topological polar surface area (TPSA) is 66.4 Å². The van der Waals surface area contributed by atoms with E-state index in [-0.39, 0.29) is 6.54 Å². The number of rotatable bonds is 5. The van der Waals surface area contributed by atoms with Crippen LogP contribution in [0.5, 0.6) is 0 Å². The number of hydrogen-bond acceptors (Lipinski definition) is 3. The highest BCUT2D eigenvalue weighted by Crippen LogP contribution is 2.16. The standard InChI is InChI=1S/C10H23NO3S/c1-6-7-10(5,12)8-11-15(13,14)9(2,3)4/h11-12H,6-8H2,1-5H3. The Labute approximate surface area is 93.1 Å². The minimum absolute atomic E-state index is 0.0699. The van der Waals surface area contributed by atoms with E-state index in [1.54, 1.807) is 27.7 Å². The molecule has 1 atom stereocenters. The molecular weight excluding hydrogens is 214 g/mol. The molecule has 0 aliphatic carbocycles. The lowest BCUT2D eigenvalue weighted by molar-refractivity contribution is 0.0553. The third-order valence-corrected chi connectivity index (χ3v) is 4.37. The zero-order chi connectivity index (χ0) is 12.3. The zero-order valence-corrected chi connectivity index (χ0v) is 11.1. The van der Waals surface area contributed by atoms with Crippen LogP contribution in [0.15, 0.2) is 0 Å². The van der Waals surface area contributed by atoms with Crippen LogP contribution in [0.2, 0.25) is 0 Å². The molecule has 0 aliphatic rings. The van der Waals surface area contributed by atoms with E-state index in [0.29, 0.717) is 6.42 Å². The molecule has 0 aromatic carbocycles. The molecule has 0 aromatic rings. The summed E-state index contributed by atoms with van der Waals surface area (Å²) >= 11 is 0. The molecule has 1 unspecified atom stereocenters. The molecule has 0 amide bonds. The summed E-state index contributed by atoms with van der Waals surface area (Å²) in [5.74, 6) is 0. The summed E-state index contributed by atoms with van der Waals surface area (Å²) in [6.45, 7) is 8.55. The van der Waals surface area contributed by atoms with Gasteiger partial charge in [-0.25, -0.2) is 13.1 Å². The first-order chi connectivity index (χ1) is 6.52. The van der Waals surface area contributed by atoms with Crippen molar-refractivity contribution >= 4 is 10.0 Å². The van der Waals surface area contributed by atoms with Crippen molar-refractivity contribution in [2.24, 2.45) is 0 Å². The van der Waals surface area contributed by atoms with Gasteiger partial charge < -0.3 is 5.11 Å². The van der Waals surface area contributed by atoms with Gasteiger partial charge in [-0.05, 0) is 34.1 Å². The molecule has 5 heteroatoms. The highest BCUT2D eigenvalue weighted by atomic mass is 32.2. The Morgan fingerprint density at radius 1 is 1.20 bits per heavy atom. The van der Waals surface area contributed by atoms with Gasteiger partial charge >= 0.3 is 0 Å². The van der Waals surface area contributed by atoms with Crippen LogP contribution in [0.25, 0.3) is 0 Å². The molecule has 0 fully saturated rings. The molecule has 0 heterocycles. The first-order valence-electron chi connectivity index (χ1n) is 5.23. The number of aliphatic hydroxyl groups is 1. The lowest BCUT2D eigenvalue weighted by atomic mass is 10.0. The van der Waals surface area contributed by atoms with E-state index < -0.39 is 20.4 Å². The second kappa shape index (κ2) is 4.80. The van der Waals surface area contributed by atoms with Crippen LogP contribution in [0.3, 0.4) is 0 Å². The molecule has 92 valence electrons. The van der Waals surface area contributed by atoms with Crippen molar-refractivity contribution in [3.05, 3.63) is 0 Å². The first-order valence-corrected chi connectivity index (χ1v) is 6.72. The molecule has 0 radical (unpaired) electrons. The van der Waals surface area contributed by atoms with E-state index in [1.165, 1.54) is 0 Å². The Bertz CT molecular complexity index is 288. The Hall–Kier alpha value is -0.130. The van der Waals surface area contributed by atoms with E-state index >= 15 is 0 Å². The highest BCUT2D eigenvalue weighted by molar-refractivity contribution is 7.90. The van der Waals surface area contributed by atoms with Crippen molar-refractivity contribution in [3.8, 4) is 0 Å². The van der Waals surface area contributed by atoms with Crippen molar-refractivity contribution in [3.63, 3.8) is 0 Å². The largest absolute Gasteiger partial charge is 0.389 e. The average molecular weight is 237 g/mol. The van der Waals surface area contributed by atoms with Crippen molar-refractivity contribution in [1.82, 2.24) is 4.72 Å². The lowest BCUT2D eigenvalue weighted by Crippen LogP contribution is -2.46. The molecule has 15 heavy (non-hydrogen) atoms. The highest BCUT2D eigenvalue weighted by Gasteiger charge is 2.31. The van der Waals surface area contributed by atoms with Crippen molar-refractivity contribution in [2.75, 3.05) is 6.54 Å². The van der Waals surface area contributed by atoms with Crippen LogP contribution in [0.4, 0.5) is 0 Å². The number of nitrogens with one attached hydrogen (secondary N) is 1. The zero-order valence-electron chi connectivity index (χ0n) is 10.3. The van der Waals surface area contributed by atoms with Gasteiger partial charge in [0.1, 0.15) is 0 Å². The quantitative estimate of drug-likeness (QED) is 0.756. The van der Waals surface area contributed by atoms with Gasteiger partial charge in [0.05, 0.1) is 10.3 Å². The molecule has 0 saturated heterocycles. The molecule has 0 saturated carbocycles. The van der Waals surface area contributed by atoms with E-state index in [2.05, 4.69) is 4.72 Å². The van der Waals surface area contributed by atoms with Crippen LogP contribution in [-0.4, -0.2) is 30.4 Å². The molecular formula is C10H23NO3S. The molecule has 0 bridgehead atoms. The Balaban J connectivity index is 4.41. The van der Waals surface area contributed by atoms with Crippen LogP contribution in [0.1, 0.15) is 47.5 Å². The fourth-order valence-electron chi connectivity index (χ4n) is 1.09. The Morgan fingerprint density at radius 3 is 2.00 bits per heavy atom. The molecule has 0 rings (SSSR count). The molecule has 4 nitrogen and oxygen atoms in total. The maximum atomic E-state index is 11.7. The third kappa shape index (κ3) is 4.95. The van der Waals surface area contributed by atoms with Gasteiger partial charge in [-0.3, -0.25) is 0 Å². The fraction of sp³-hybridized carbons (Fsp3) is 1.00. The van der Waals surface area contributed by atoms with E-state index in [4.69, 9.17) is 0 Å². The van der Waals surface area contributed by atoms with Gasteiger partial charge in [0.25, 0.3) is 0 Å². The number of sulfonamides is 1. The number of hydrogen-bond donors (Lipinski definition) is 2. The second-order valence-corrected chi connectivity index (χ2v) is 7.70. The van der Waals surface area contributed by atoms with Crippen molar-refractivity contribution in [1.29, 1.82) is 0 Å². The normalized spacial score (nSPS) is 17.5. The van der Waals surface area contributed by atoms with Gasteiger partial charge in [-0.15, -0.1) is 0 Å². The third-order valence-electron chi connectivity index (χ3n) is 2.24. The second-order valence-electron chi connectivity index (χ2n) is 5.18. The minimum atomic E-state index is -3.36. The van der Waals surface area contributed by atoms with Gasteiger partial charge in [-0.1, -0.05) is 13.3 Å². The fourth-order valence-corrected chi connectivity index (χ4v) is 2.03. The summed E-state index contributed by atoms with van der Waals surface area (Å²) in [7, 11) is -3.36. The van der Waals surface area contributed by atoms with Crippen molar-refractivity contribution in [2.45, 2.75) is 57.8 Å². The van der Waals surface area contributed by atoms with Crippen LogP contribution < -0.4 is 4.72 Å². The maximum Gasteiger partial charge on any atom is 0.216 e. The summed E-state index contributed by atoms with van der Waals surface area (Å²) in [5.41, 5.74) is -0.965. The molecule has 2 N–H and O–H groups in total. The van der Waals surface area contributed by atoms with Gasteiger partial charge in [0, 0.05) is 6.54 Å². The van der Waals surface area contributed by atoms with Crippen LogP contribution >= 0.6 is 0 Å². The average Bonchev–Trinajstić information content (AvgIpc) is 1.99. The van der Waals surface area contributed by atoms with E-state index in [9.17, 15) is 13.5 Å². The minimum Gasteiger partial charge on any atom is -0.389 e. The van der Waals surface area contributed by atoms with E-state index in [0.717, 1.165) is 6.42 Å². The summed E-state index contributed by atoms with van der Waals surface area (Å²) < 4.78 is 25.0. The predicted octanol–water partition coefficient (Wildman–Crippen LogP) is 1.26. The van der Waals surface area contributed by atoms with E-state index in [1.807, 2.05) is 6.92 Å². The van der Waals surface area contributed by atoms with Crippen LogP contribution in [0, 0.1) is 0 Å².